The van der Waals surface area contributed by atoms with E-state index in [-0.39, 0.29) is 12.2 Å². The molecule has 7 heteroatoms. The first-order valence-corrected chi connectivity index (χ1v) is 11.4. The molecule has 4 aliphatic carbocycles. The number of allylic oxidation sites excluding steroid dienone is 1. The number of rotatable bonds is 6. The molecule has 6 rings (SSSR count). The van der Waals surface area contributed by atoms with Crippen LogP contribution >= 0.6 is 11.3 Å². The summed E-state index contributed by atoms with van der Waals surface area (Å²) >= 11 is 1.72. The molecule has 6 nitrogen and oxygen atoms in total. The molecule has 0 spiro atoms. The number of thiophene rings is 1. The molecule has 1 N–H and O–H groups in total. The fourth-order valence-electron chi connectivity index (χ4n) is 5.45. The molecule has 2 unspecified atom stereocenters. The molecule has 0 saturated heterocycles. The normalized spacial score (nSPS) is 25.1. The lowest BCUT2D eigenvalue weighted by Gasteiger charge is -2.11. The highest BCUT2D eigenvalue weighted by Crippen LogP contribution is 2.59. The standard InChI is InChI=1S/C22H22N2O4S/c25-15(13-2-1-3-14(13)22(26)27)9-16-18(21-23-20(24-28-21)10-4-5-10)17-11-6-7-12(8-11)19(17)29-16/h10-12H,1-9H2,(H,26,27). The van der Waals surface area contributed by atoms with E-state index in [9.17, 15) is 14.7 Å². The van der Waals surface area contributed by atoms with Crippen molar-refractivity contribution in [2.24, 2.45) is 0 Å². The highest BCUT2D eigenvalue weighted by Gasteiger charge is 2.43. The SMILES string of the molecule is O=C(O)C1=C(C(=O)Cc2sc3c(c2-c2nc(C4CC4)no2)C2CCC3C2)CCC1. The van der Waals surface area contributed by atoms with Gasteiger partial charge in [-0.3, -0.25) is 4.79 Å². The minimum absolute atomic E-state index is 0.0599. The third-order valence-corrected chi connectivity index (χ3v) is 8.36. The van der Waals surface area contributed by atoms with Gasteiger partial charge in [0.25, 0.3) is 5.89 Å². The van der Waals surface area contributed by atoms with E-state index in [2.05, 4.69) is 5.16 Å². The van der Waals surface area contributed by atoms with Crippen molar-refractivity contribution in [3.8, 4) is 11.5 Å². The van der Waals surface area contributed by atoms with E-state index in [1.54, 1.807) is 11.3 Å². The Kier molecular flexibility index (Phi) is 3.85. The number of carbonyl (C=O) groups is 2. The molecule has 2 saturated carbocycles. The number of ketones is 1. The molecule has 0 aromatic carbocycles. The van der Waals surface area contributed by atoms with Crippen LogP contribution in [0, 0.1) is 0 Å². The summed E-state index contributed by atoms with van der Waals surface area (Å²) < 4.78 is 5.68. The highest BCUT2D eigenvalue weighted by molar-refractivity contribution is 7.13. The first-order valence-electron chi connectivity index (χ1n) is 10.6. The van der Waals surface area contributed by atoms with Crippen LogP contribution in [0.15, 0.2) is 15.7 Å². The van der Waals surface area contributed by atoms with Crippen molar-refractivity contribution in [1.29, 1.82) is 0 Å². The monoisotopic (exact) mass is 410 g/mol. The Morgan fingerprint density at radius 2 is 1.83 bits per heavy atom. The topological polar surface area (TPSA) is 93.3 Å². The van der Waals surface area contributed by atoms with E-state index in [0.717, 1.165) is 35.5 Å². The predicted octanol–water partition coefficient (Wildman–Crippen LogP) is 4.72. The van der Waals surface area contributed by atoms with Crippen molar-refractivity contribution >= 4 is 23.1 Å². The number of aliphatic carboxylic acids is 1. The van der Waals surface area contributed by atoms with Crippen LogP contribution in [0.25, 0.3) is 11.5 Å². The largest absolute Gasteiger partial charge is 0.478 e. The fourth-order valence-corrected chi connectivity index (χ4v) is 6.97. The molecule has 29 heavy (non-hydrogen) atoms. The molecule has 0 aliphatic heterocycles. The lowest BCUT2D eigenvalue weighted by Crippen LogP contribution is -2.10. The average Bonchev–Trinajstić information content (AvgIpc) is 3.21. The lowest BCUT2D eigenvalue weighted by atomic mass is 9.92. The van der Waals surface area contributed by atoms with Gasteiger partial charge in [-0.1, -0.05) is 5.16 Å². The highest BCUT2D eigenvalue weighted by atomic mass is 32.1. The van der Waals surface area contributed by atoms with Crippen molar-refractivity contribution in [1.82, 2.24) is 10.1 Å². The molecular weight excluding hydrogens is 388 g/mol. The van der Waals surface area contributed by atoms with Crippen LogP contribution in [-0.2, 0) is 16.0 Å². The fraction of sp³-hybridized carbons (Fsp3) is 0.545. The first kappa shape index (κ1) is 17.6. The number of Topliss-reactive ketones (excluding diaryl/α,β-unsaturated/α-hetero) is 1. The summed E-state index contributed by atoms with van der Waals surface area (Å²) in [6.07, 6.45) is 7.87. The molecule has 2 fully saturated rings. The van der Waals surface area contributed by atoms with Gasteiger partial charge in [0.05, 0.1) is 5.56 Å². The van der Waals surface area contributed by atoms with E-state index in [1.807, 2.05) is 0 Å². The Balaban J connectivity index is 1.41. The maximum Gasteiger partial charge on any atom is 0.331 e. The van der Waals surface area contributed by atoms with Gasteiger partial charge in [0.2, 0.25) is 0 Å². The summed E-state index contributed by atoms with van der Waals surface area (Å²) in [5.41, 5.74) is 3.12. The second-order valence-corrected chi connectivity index (χ2v) is 9.97. The zero-order valence-corrected chi connectivity index (χ0v) is 16.9. The zero-order valence-electron chi connectivity index (χ0n) is 16.1. The minimum Gasteiger partial charge on any atom is -0.478 e. The maximum atomic E-state index is 13.1. The quantitative estimate of drug-likeness (QED) is 0.741. The number of carboxylic acids is 1. The molecule has 2 heterocycles. The number of hydrogen-bond donors (Lipinski definition) is 1. The molecule has 0 radical (unpaired) electrons. The zero-order chi connectivity index (χ0) is 19.7. The maximum absolute atomic E-state index is 13.1. The van der Waals surface area contributed by atoms with Crippen LogP contribution in [0.3, 0.4) is 0 Å². The number of fused-ring (bicyclic) bond motifs is 5. The number of carboxylic acid groups (broad SMARTS) is 1. The molecule has 0 amide bonds. The molecule has 2 aromatic heterocycles. The molecule has 2 bridgehead atoms. The van der Waals surface area contributed by atoms with Crippen LogP contribution in [0.4, 0.5) is 0 Å². The Morgan fingerprint density at radius 1 is 1.07 bits per heavy atom. The van der Waals surface area contributed by atoms with Gasteiger partial charge in [-0.2, -0.15) is 4.98 Å². The van der Waals surface area contributed by atoms with Crippen LogP contribution in [-0.4, -0.2) is 27.0 Å². The third-order valence-electron chi connectivity index (χ3n) is 6.99. The summed E-state index contributed by atoms with van der Waals surface area (Å²) in [5, 5.41) is 13.6. The van der Waals surface area contributed by atoms with Gasteiger partial charge in [0.1, 0.15) is 0 Å². The van der Waals surface area contributed by atoms with E-state index >= 15 is 0 Å². The molecule has 150 valence electrons. The van der Waals surface area contributed by atoms with Crippen LogP contribution in [0.1, 0.15) is 90.3 Å². The predicted molar refractivity (Wildman–Crippen MR) is 106 cm³/mol. The van der Waals surface area contributed by atoms with Gasteiger partial charge in [0.15, 0.2) is 11.6 Å². The van der Waals surface area contributed by atoms with Gasteiger partial charge in [-0.15, -0.1) is 11.3 Å². The van der Waals surface area contributed by atoms with Gasteiger partial charge >= 0.3 is 5.97 Å². The second-order valence-electron chi connectivity index (χ2n) is 8.83. The van der Waals surface area contributed by atoms with E-state index in [1.165, 1.54) is 29.7 Å². The number of hydrogen-bond acceptors (Lipinski definition) is 6. The van der Waals surface area contributed by atoms with E-state index in [0.29, 0.717) is 47.6 Å². The summed E-state index contributed by atoms with van der Waals surface area (Å²) in [6, 6.07) is 0. The van der Waals surface area contributed by atoms with Crippen LogP contribution in [0.5, 0.6) is 0 Å². The van der Waals surface area contributed by atoms with Crippen molar-refractivity contribution in [2.75, 3.05) is 0 Å². The first-order chi connectivity index (χ1) is 14.1. The average molecular weight is 410 g/mol. The van der Waals surface area contributed by atoms with Crippen molar-refractivity contribution in [3.05, 3.63) is 32.3 Å². The number of carbonyl (C=O) groups excluding carboxylic acids is 1. The number of nitrogens with zero attached hydrogens (tertiary/aromatic N) is 2. The second kappa shape index (κ2) is 6.36. The Bertz CT molecular complexity index is 1070. The van der Waals surface area contributed by atoms with Gasteiger partial charge in [-0.25, -0.2) is 4.79 Å². The Labute approximate surface area is 172 Å². The Hall–Kier alpha value is -2.28. The summed E-state index contributed by atoms with van der Waals surface area (Å²) in [4.78, 5) is 31.6. The van der Waals surface area contributed by atoms with Crippen molar-refractivity contribution in [2.45, 2.75) is 75.5 Å². The van der Waals surface area contributed by atoms with Crippen LogP contribution < -0.4 is 0 Å². The number of aromatic nitrogens is 2. The molecule has 4 aliphatic rings. The summed E-state index contributed by atoms with van der Waals surface area (Å²) in [6.45, 7) is 0. The van der Waals surface area contributed by atoms with E-state index < -0.39 is 5.97 Å². The van der Waals surface area contributed by atoms with Crippen LogP contribution in [0.2, 0.25) is 0 Å². The molecule has 2 aromatic rings. The molecule has 2 atom stereocenters. The van der Waals surface area contributed by atoms with Gasteiger partial charge in [0, 0.05) is 33.2 Å². The summed E-state index contributed by atoms with van der Waals surface area (Å²) in [7, 11) is 0. The Morgan fingerprint density at radius 3 is 2.62 bits per heavy atom. The van der Waals surface area contributed by atoms with E-state index in [4.69, 9.17) is 9.51 Å². The van der Waals surface area contributed by atoms with Gasteiger partial charge in [-0.05, 0) is 68.8 Å². The smallest absolute Gasteiger partial charge is 0.331 e. The molecular formula is C22H22N2O4S. The van der Waals surface area contributed by atoms with Gasteiger partial charge < -0.3 is 9.63 Å². The lowest BCUT2D eigenvalue weighted by molar-refractivity contribution is -0.133. The third kappa shape index (κ3) is 2.74. The summed E-state index contributed by atoms with van der Waals surface area (Å²) in [5.74, 6) is 1.86. The van der Waals surface area contributed by atoms with Crippen molar-refractivity contribution in [3.63, 3.8) is 0 Å². The minimum atomic E-state index is -0.955. The van der Waals surface area contributed by atoms with Crippen molar-refractivity contribution < 1.29 is 19.2 Å².